The van der Waals surface area contributed by atoms with Crippen molar-refractivity contribution in [3.05, 3.63) is 56.6 Å². The van der Waals surface area contributed by atoms with E-state index < -0.39 is 0 Å². The summed E-state index contributed by atoms with van der Waals surface area (Å²) in [5.41, 5.74) is 2.29. The minimum absolute atomic E-state index is 0.756. The smallest absolute Gasteiger partial charge is 0.119 e. The molecule has 0 bridgehead atoms. The van der Waals surface area contributed by atoms with Gasteiger partial charge in [-0.3, -0.25) is 0 Å². The fourth-order valence-electron chi connectivity index (χ4n) is 1.80. The third-order valence-electron chi connectivity index (χ3n) is 2.79. The predicted molar refractivity (Wildman–Crippen MR) is 93.7 cm³/mol. The maximum Gasteiger partial charge on any atom is 0.119 e. The first-order chi connectivity index (χ1) is 9.69. The Kier molecular flexibility index (Phi) is 5.98. The van der Waals surface area contributed by atoms with Gasteiger partial charge in [-0.1, -0.05) is 30.7 Å². The zero-order chi connectivity index (χ0) is 14.4. The molecule has 4 heteroatoms. The van der Waals surface area contributed by atoms with E-state index in [2.05, 4.69) is 47.0 Å². The van der Waals surface area contributed by atoms with Crippen LogP contribution >= 0.6 is 34.2 Å². The van der Waals surface area contributed by atoms with E-state index in [4.69, 9.17) is 16.3 Å². The van der Waals surface area contributed by atoms with Crippen molar-refractivity contribution in [2.45, 2.75) is 19.9 Å². The Labute approximate surface area is 138 Å². The summed E-state index contributed by atoms with van der Waals surface area (Å²) in [6, 6.07) is 14.0. The Hall–Kier alpha value is -0.940. The summed E-state index contributed by atoms with van der Waals surface area (Å²) in [6.07, 6.45) is 1.02. The second kappa shape index (κ2) is 7.74. The molecule has 0 aromatic heterocycles. The van der Waals surface area contributed by atoms with Gasteiger partial charge in [0, 0.05) is 20.8 Å². The zero-order valence-electron chi connectivity index (χ0n) is 11.3. The first-order valence-electron chi connectivity index (χ1n) is 6.59. The second-order valence-electron chi connectivity index (χ2n) is 4.47. The van der Waals surface area contributed by atoms with E-state index in [1.165, 1.54) is 5.56 Å². The molecular formula is C16H17ClINO. The van der Waals surface area contributed by atoms with E-state index in [1.54, 1.807) is 0 Å². The molecule has 2 rings (SSSR count). The topological polar surface area (TPSA) is 21.3 Å². The number of halogens is 2. The summed E-state index contributed by atoms with van der Waals surface area (Å²) in [4.78, 5) is 0. The number of anilines is 1. The van der Waals surface area contributed by atoms with Crippen LogP contribution in [0.1, 0.15) is 18.9 Å². The van der Waals surface area contributed by atoms with Crippen molar-refractivity contribution in [2.24, 2.45) is 0 Å². The summed E-state index contributed by atoms with van der Waals surface area (Å²) in [5.74, 6) is 0.928. The molecule has 2 aromatic carbocycles. The van der Waals surface area contributed by atoms with Crippen molar-refractivity contribution < 1.29 is 4.74 Å². The van der Waals surface area contributed by atoms with Gasteiger partial charge < -0.3 is 10.1 Å². The molecule has 0 atom stereocenters. The van der Waals surface area contributed by atoms with Crippen LogP contribution in [0.4, 0.5) is 5.69 Å². The van der Waals surface area contributed by atoms with E-state index in [9.17, 15) is 0 Å². The molecule has 0 aliphatic heterocycles. The van der Waals surface area contributed by atoms with Gasteiger partial charge in [-0.15, -0.1) is 0 Å². The van der Waals surface area contributed by atoms with Gasteiger partial charge in [0.2, 0.25) is 0 Å². The molecular weight excluding hydrogens is 385 g/mol. The van der Waals surface area contributed by atoms with Crippen LogP contribution in [0.2, 0.25) is 5.02 Å². The number of ether oxygens (including phenoxy) is 1. The van der Waals surface area contributed by atoms with Gasteiger partial charge in [0.25, 0.3) is 0 Å². The Morgan fingerprint density at radius 2 is 2.05 bits per heavy atom. The number of rotatable bonds is 6. The van der Waals surface area contributed by atoms with Crippen molar-refractivity contribution in [1.82, 2.24) is 0 Å². The van der Waals surface area contributed by atoms with Crippen LogP contribution in [0.25, 0.3) is 0 Å². The molecule has 106 valence electrons. The summed E-state index contributed by atoms with van der Waals surface area (Å²) in [6.45, 7) is 3.63. The summed E-state index contributed by atoms with van der Waals surface area (Å²) >= 11 is 8.24. The quantitative estimate of drug-likeness (QED) is 0.659. The van der Waals surface area contributed by atoms with Gasteiger partial charge >= 0.3 is 0 Å². The first-order valence-corrected chi connectivity index (χ1v) is 8.05. The number of benzene rings is 2. The lowest BCUT2D eigenvalue weighted by atomic mass is 10.2. The van der Waals surface area contributed by atoms with Gasteiger partial charge in [0.1, 0.15) is 5.75 Å². The number of hydrogen-bond donors (Lipinski definition) is 1. The van der Waals surface area contributed by atoms with E-state index >= 15 is 0 Å². The lowest BCUT2D eigenvalue weighted by Crippen LogP contribution is -2.02. The van der Waals surface area contributed by atoms with Crippen LogP contribution < -0.4 is 10.1 Å². The third kappa shape index (κ3) is 4.56. The van der Waals surface area contributed by atoms with Crippen molar-refractivity contribution >= 4 is 39.9 Å². The monoisotopic (exact) mass is 401 g/mol. The molecule has 0 unspecified atom stereocenters. The van der Waals surface area contributed by atoms with Crippen LogP contribution in [-0.4, -0.2) is 6.61 Å². The van der Waals surface area contributed by atoms with Crippen molar-refractivity contribution in [1.29, 1.82) is 0 Å². The van der Waals surface area contributed by atoms with Crippen LogP contribution in [-0.2, 0) is 6.54 Å². The molecule has 0 amide bonds. The minimum atomic E-state index is 0.756. The van der Waals surface area contributed by atoms with Gasteiger partial charge in [0.15, 0.2) is 0 Å². The van der Waals surface area contributed by atoms with Crippen LogP contribution in [0.15, 0.2) is 42.5 Å². The van der Waals surface area contributed by atoms with Crippen LogP contribution in [0, 0.1) is 3.57 Å². The SMILES string of the molecule is CCCOc1cccc(CNc2ccc(Cl)cc2I)c1. The summed E-state index contributed by atoms with van der Waals surface area (Å²) in [7, 11) is 0. The van der Waals surface area contributed by atoms with Gasteiger partial charge in [-0.25, -0.2) is 0 Å². The Morgan fingerprint density at radius 3 is 2.80 bits per heavy atom. The molecule has 2 nitrogen and oxygen atoms in total. The summed E-state index contributed by atoms with van der Waals surface area (Å²) < 4.78 is 6.76. The highest BCUT2D eigenvalue weighted by Crippen LogP contribution is 2.23. The number of hydrogen-bond acceptors (Lipinski definition) is 2. The molecule has 0 aliphatic rings. The highest BCUT2D eigenvalue weighted by molar-refractivity contribution is 14.1. The van der Waals surface area contributed by atoms with E-state index in [0.717, 1.165) is 39.6 Å². The van der Waals surface area contributed by atoms with E-state index in [0.29, 0.717) is 0 Å². The number of nitrogens with one attached hydrogen (secondary N) is 1. The average Bonchev–Trinajstić information content (AvgIpc) is 2.45. The highest BCUT2D eigenvalue weighted by Gasteiger charge is 2.01. The molecule has 20 heavy (non-hydrogen) atoms. The Balaban J connectivity index is 1.99. The molecule has 0 radical (unpaired) electrons. The molecule has 0 saturated carbocycles. The first kappa shape index (κ1) is 15.4. The Bertz CT molecular complexity index is 574. The van der Waals surface area contributed by atoms with Gasteiger partial charge in [0.05, 0.1) is 6.61 Å². The molecule has 0 spiro atoms. The highest BCUT2D eigenvalue weighted by atomic mass is 127. The molecule has 1 N–H and O–H groups in total. The Morgan fingerprint density at radius 1 is 1.20 bits per heavy atom. The molecule has 2 aromatic rings. The lowest BCUT2D eigenvalue weighted by Gasteiger charge is -2.10. The molecule has 0 fully saturated rings. The van der Waals surface area contributed by atoms with Gasteiger partial charge in [-0.2, -0.15) is 0 Å². The predicted octanol–water partition coefficient (Wildman–Crippen LogP) is 5.35. The lowest BCUT2D eigenvalue weighted by molar-refractivity contribution is 0.317. The van der Waals surface area contributed by atoms with E-state index in [-0.39, 0.29) is 0 Å². The maximum atomic E-state index is 5.95. The fraction of sp³-hybridized carbons (Fsp3) is 0.250. The largest absolute Gasteiger partial charge is 0.494 e. The van der Waals surface area contributed by atoms with Crippen molar-refractivity contribution in [3.63, 3.8) is 0 Å². The molecule has 0 saturated heterocycles. The minimum Gasteiger partial charge on any atom is -0.494 e. The average molecular weight is 402 g/mol. The van der Waals surface area contributed by atoms with Crippen LogP contribution in [0.5, 0.6) is 5.75 Å². The summed E-state index contributed by atoms with van der Waals surface area (Å²) in [5, 5.41) is 4.18. The van der Waals surface area contributed by atoms with Crippen LogP contribution in [0.3, 0.4) is 0 Å². The molecule has 0 aliphatic carbocycles. The normalized spacial score (nSPS) is 10.3. The van der Waals surface area contributed by atoms with Gasteiger partial charge in [-0.05, 0) is 64.9 Å². The van der Waals surface area contributed by atoms with Crippen molar-refractivity contribution in [2.75, 3.05) is 11.9 Å². The maximum absolute atomic E-state index is 5.95. The zero-order valence-corrected chi connectivity index (χ0v) is 14.2. The van der Waals surface area contributed by atoms with E-state index in [1.807, 2.05) is 30.3 Å². The fourth-order valence-corrected chi connectivity index (χ4v) is 2.86. The van der Waals surface area contributed by atoms with Crippen molar-refractivity contribution in [3.8, 4) is 5.75 Å². The standard InChI is InChI=1S/C16H17ClINO/c1-2-8-20-14-5-3-4-12(9-14)11-19-16-7-6-13(17)10-15(16)18/h3-7,9-10,19H,2,8,11H2,1H3. The third-order valence-corrected chi connectivity index (χ3v) is 3.91. The molecule has 0 heterocycles. The second-order valence-corrected chi connectivity index (χ2v) is 6.07.